The molecular weight excluding hydrogens is 162 g/mol. The minimum atomic E-state index is 0.161. The van der Waals surface area contributed by atoms with Gasteiger partial charge in [0.25, 0.3) is 0 Å². The maximum Gasteiger partial charge on any atom is 0.143 e. The number of pyridine rings is 1. The Morgan fingerprint density at radius 2 is 1.64 bits per heavy atom. The van der Waals surface area contributed by atoms with Crippen molar-refractivity contribution in [2.75, 3.05) is 0 Å². The number of nitriles is 2. The SMILES string of the molecule is N#Cc1cc(Cl)cc(C#N)n1. The summed E-state index contributed by atoms with van der Waals surface area (Å²) in [5.41, 5.74) is 0.322. The third-order valence-corrected chi connectivity index (χ3v) is 1.24. The lowest BCUT2D eigenvalue weighted by Gasteiger charge is -1.90. The maximum atomic E-state index is 8.40. The van der Waals surface area contributed by atoms with Gasteiger partial charge >= 0.3 is 0 Å². The van der Waals surface area contributed by atoms with Crippen molar-refractivity contribution in [3.8, 4) is 12.1 Å². The molecule has 1 aromatic rings. The van der Waals surface area contributed by atoms with Crippen molar-refractivity contribution in [2.24, 2.45) is 0 Å². The largest absolute Gasteiger partial charge is 0.226 e. The first-order valence-electron chi connectivity index (χ1n) is 2.74. The highest BCUT2D eigenvalue weighted by Gasteiger charge is 1.98. The first-order chi connectivity index (χ1) is 5.26. The molecule has 0 amide bonds. The fourth-order valence-corrected chi connectivity index (χ4v) is 0.818. The van der Waals surface area contributed by atoms with Crippen molar-refractivity contribution in [3.05, 3.63) is 28.5 Å². The molecule has 1 heterocycles. The highest BCUT2D eigenvalue weighted by atomic mass is 35.5. The lowest BCUT2D eigenvalue weighted by molar-refractivity contribution is 1.22. The summed E-state index contributed by atoms with van der Waals surface area (Å²) in [6.07, 6.45) is 0. The number of halogens is 1. The molecule has 1 rings (SSSR count). The first-order valence-corrected chi connectivity index (χ1v) is 3.12. The second-order valence-corrected chi connectivity index (χ2v) is 2.22. The first kappa shape index (κ1) is 7.53. The molecule has 3 nitrogen and oxygen atoms in total. The Balaban J connectivity index is 3.28. The summed E-state index contributed by atoms with van der Waals surface area (Å²) in [6.45, 7) is 0. The van der Waals surface area contributed by atoms with Crippen LogP contribution in [0.1, 0.15) is 11.4 Å². The molecule has 0 aliphatic rings. The second kappa shape index (κ2) is 3.01. The number of nitrogens with zero attached hydrogens (tertiary/aromatic N) is 3. The smallest absolute Gasteiger partial charge is 0.143 e. The highest BCUT2D eigenvalue weighted by Crippen LogP contribution is 2.10. The molecule has 4 heteroatoms. The Kier molecular flexibility index (Phi) is 2.06. The summed E-state index contributed by atoms with van der Waals surface area (Å²) in [4.78, 5) is 3.66. The van der Waals surface area contributed by atoms with Crippen LogP contribution in [0.25, 0.3) is 0 Å². The minimum absolute atomic E-state index is 0.161. The zero-order valence-corrected chi connectivity index (χ0v) is 6.13. The third-order valence-electron chi connectivity index (χ3n) is 1.02. The van der Waals surface area contributed by atoms with Crippen molar-refractivity contribution in [2.45, 2.75) is 0 Å². The van der Waals surface area contributed by atoms with Gasteiger partial charge in [0.05, 0.1) is 0 Å². The normalized spacial score (nSPS) is 8.27. The molecule has 0 bridgehead atoms. The van der Waals surface area contributed by atoms with Gasteiger partial charge in [-0.15, -0.1) is 0 Å². The average Bonchev–Trinajstić information content (AvgIpc) is 2.03. The molecule has 0 aliphatic carbocycles. The summed E-state index contributed by atoms with van der Waals surface area (Å²) in [7, 11) is 0. The van der Waals surface area contributed by atoms with Crippen LogP contribution in [0.15, 0.2) is 12.1 Å². The molecule has 0 saturated carbocycles. The number of hydrogen-bond acceptors (Lipinski definition) is 3. The molecule has 0 aromatic carbocycles. The summed E-state index contributed by atoms with van der Waals surface area (Å²) >= 11 is 5.57. The van der Waals surface area contributed by atoms with Gasteiger partial charge in [-0.2, -0.15) is 10.5 Å². The van der Waals surface area contributed by atoms with Gasteiger partial charge in [0.2, 0.25) is 0 Å². The molecule has 52 valence electrons. The van der Waals surface area contributed by atoms with Crippen LogP contribution in [0.3, 0.4) is 0 Å². The number of aromatic nitrogens is 1. The molecule has 0 N–H and O–H groups in total. The Morgan fingerprint density at radius 1 is 1.18 bits per heavy atom. The van der Waals surface area contributed by atoms with E-state index in [1.165, 1.54) is 12.1 Å². The predicted octanol–water partition coefficient (Wildman–Crippen LogP) is 1.48. The van der Waals surface area contributed by atoms with E-state index in [-0.39, 0.29) is 11.4 Å². The van der Waals surface area contributed by atoms with Crippen LogP contribution < -0.4 is 0 Å². The lowest BCUT2D eigenvalue weighted by atomic mass is 10.3. The maximum absolute atomic E-state index is 8.40. The standard InChI is InChI=1S/C7H2ClN3/c8-5-1-6(3-9)11-7(2-5)4-10/h1-2H. The van der Waals surface area contributed by atoms with Crippen LogP contribution in [0.2, 0.25) is 5.02 Å². The van der Waals surface area contributed by atoms with Gasteiger partial charge in [-0.1, -0.05) is 11.6 Å². The van der Waals surface area contributed by atoms with Gasteiger partial charge < -0.3 is 0 Å². The van der Waals surface area contributed by atoms with E-state index in [0.717, 1.165) is 0 Å². The summed E-state index contributed by atoms with van der Waals surface area (Å²) < 4.78 is 0. The van der Waals surface area contributed by atoms with Crippen molar-refractivity contribution in [1.29, 1.82) is 10.5 Å². The molecule has 11 heavy (non-hydrogen) atoms. The fraction of sp³-hybridized carbons (Fsp3) is 0. The topological polar surface area (TPSA) is 60.5 Å². The molecule has 1 aromatic heterocycles. The fourth-order valence-electron chi connectivity index (χ4n) is 0.612. The van der Waals surface area contributed by atoms with Gasteiger partial charge in [-0.05, 0) is 12.1 Å². The van der Waals surface area contributed by atoms with Crippen LogP contribution in [0.5, 0.6) is 0 Å². The summed E-state index contributed by atoms with van der Waals surface area (Å²) in [5.74, 6) is 0. The Hall–Kier alpha value is -1.58. The Morgan fingerprint density at radius 3 is 2.00 bits per heavy atom. The van der Waals surface area contributed by atoms with Crippen LogP contribution >= 0.6 is 11.6 Å². The van der Waals surface area contributed by atoms with Gasteiger partial charge in [-0.25, -0.2) is 4.98 Å². The number of rotatable bonds is 0. The summed E-state index contributed by atoms with van der Waals surface area (Å²) in [6, 6.07) is 6.40. The Labute approximate surface area is 68.5 Å². The monoisotopic (exact) mass is 163 g/mol. The van der Waals surface area contributed by atoms with Crippen LogP contribution in [0.4, 0.5) is 0 Å². The molecule has 0 unspecified atom stereocenters. The van der Waals surface area contributed by atoms with Gasteiger partial charge in [0.15, 0.2) is 0 Å². The van der Waals surface area contributed by atoms with E-state index in [1.54, 1.807) is 12.1 Å². The molecule has 0 radical (unpaired) electrons. The van der Waals surface area contributed by atoms with Crippen molar-refractivity contribution >= 4 is 11.6 Å². The van der Waals surface area contributed by atoms with Crippen molar-refractivity contribution in [1.82, 2.24) is 4.98 Å². The molecule has 0 atom stereocenters. The van der Waals surface area contributed by atoms with Gasteiger partial charge in [-0.3, -0.25) is 0 Å². The van der Waals surface area contributed by atoms with Crippen molar-refractivity contribution < 1.29 is 0 Å². The quantitative estimate of drug-likeness (QED) is 0.582. The van der Waals surface area contributed by atoms with E-state index in [9.17, 15) is 0 Å². The lowest BCUT2D eigenvalue weighted by Crippen LogP contribution is -1.86. The van der Waals surface area contributed by atoms with E-state index >= 15 is 0 Å². The average molecular weight is 164 g/mol. The minimum Gasteiger partial charge on any atom is -0.226 e. The van der Waals surface area contributed by atoms with E-state index < -0.39 is 0 Å². The molecule has 0 spiro atoms. The highest BCUT2D eigenvalue weighted by molar-refractivity contribution is 6.30. The van der Waals surface area contributed by atoms with E-state index in [2.05, 4.69) is 4.98 Å². The van der Waals surface area contributed by atoms with Crippen LogP contribution in [-0.2, 0) is 0 Å². The molecule has 0 fully saturated rings. The number of hydrogen-bond donors (Lipinski definition) is 0. The van der Waals surface area contributed by atoms with Crippen molar-refractivity contribution in [3.63, 3.8) is 0 Å². The molecule has 0 aliphatic heterocycles. The predicted molar refractivity (Wildman–Crippen MR) is 38.7 cm³/mol. The summed E-state index contributed by atoms with van der Waals surface area (Å²) in [5, 5.41) is 17.2. The van der Waals surface area contributed by atoms with Gasteiger partial charge in [0.1, 0.15) is 23.5 Å². The second-order valence-electron chi connectivity index (χ2n) is 1.78. The molecular formula is C7H2ClN3. The van der Waals surface area contributed by atoms with Crippen LogP contribution in [0, 0.1) is 22.7 Å². The molecule has 0 saturated heterocycles. The Bertz CT molecular complexity index is 327. The van der Waals surface area contributed by atoms with E-state index in [0.29, 0.717) is 5.02 Å². The third kappa shape index (κ3) is 1.67. The van der Waals surface area contributed by atoms with E-state index in [4.69, 9.17) is 22.1 Å². The zero-order chi connectivity index (χ0) is 8.27. The van der Waals surface area contributed by atoms with E-state index in [1.807, 2.05) is 0 Å². The zero-order valence-electron chi connectivity index (χ0n) is 5.37. The van der Waals surface area contributed by atoms with Crippen LogP contribution in [-0.4, -0.2) is 4.98 Å². The van der Waals surface area contributed by atoms with Gasteiger partial charge in [0, 0.05) is 5.02 Å².